The van der Waals surface area contributed by atoms with Crippen LogP contribution < -0.4 is 5.32 Å². The van der Waals surface area contributed by atoms with E-state index in [1.54, 1.807) is 0 Å². The monoisotopic (exact) mass is 217 g/mol. The van der Waals surface area contributed by atoms with Crippen molar-refractivity contribution >= 4 is 0 Å². The van der Waals surface area contributed by atoms with Gasteiger partial charge in [0.15, 0.2) is 0 Å². The van der Waals surface area contributed by atoms with Crippen molar-refractivity contribution in [2.75, 3.05) is 13.1 Å². The van der Waals surface area contributed by atoms with E-state index in [4.69, 9.17) is 0 Å². The highest BCUT2D eigenvalue weighted by molar-refractivity contribution is 5.28. The predicted molar refractivity (Wildman–Crippen MR) is 69.8 cm³/mol. The van der Waals surface area contributed by atoms with Gasteiger partial charge in [-0.25, -0.2) is 0 Å². The van der Waals surface area contributed by atoms with Gasteiger partial charge in [-0.05, 0) is 41.8 Å². The molecule has 1 atom stereocenters. The summed E-state index contributed by atoms with van der Waals surface area (Å²) in [4.78, 5) is 0. The molecule has 0 bridgehead atoms. The van der Waals surface area contributed by atoms with Crippen LogP contribution in [0.5, 0.6) is 0 Å². The molecule has 88 valence electrons. The van der Waals surface area contributed by atoms with E-state index in [0.29, 0.717) is 5.41 Å². The smallest absolute Gasteiger partial charge is 0.00206 e. The second-order valence-corrected chi connectivity index (χ2v) is 6.17. The lowest BCUT2D eigenvalue weighted by molar-refractivity contribution is 0.411. The molecule has 1 aliphatic heterocycles. The van der Waals surface area contributed by atoms with E-state index in [9.17, 15) is 0 Å². The van der Waals surface area contributed by atoms with Crippen molar-refractivity contribution in [3.8, 4) is 0 Å². The predicted octanol–water partition coefficient (Wildman–Crippen LogP) is 3.35. The Labute approximate surface area is 99.3 Å². The Kier molecular flexibility index (Phi) is 3.34. The van der Waals surface area contributed by atoms with Gasteiger partial charge in [0.1, 0.15) is 0 Å². The van der Waals surface area contributed by atoms with Gasteiger partial charge < -0.3 is 5.32 Å². The highest BCUT2D eigenvalue weighted by Gasteiger charge is 2.17. The van der Waals surface area contributed by atoms with E-state index in [0.717, 1.165) is 12.5 Å². The molecule has 0 radical (unpaired) electrons. The largest absolute Gasteiger partial charge is 0.316 e. The van der Waals surface area contributed by atoms with Gasteiger partial charge >= 0.3 is 0 Å². The zero-order valence-electron chi connectivity index (χ0n) is 10.7. The van der Waals surface area contributed by atoms with Crippen molar-refractivity contribution in [1.29, 1.82) is 0 Å². The normalized spacial score (nSPS) is 21.3. The van der Waals surface area contributed by atoms with E-state index < -0.39 is 0 Å². The molecule has 0 saturated carbocycles. The Morgan fingerprint density at radius 2 is 2.12 bits per heavy atom. The number of hydrogen-bond acceptors (Lipinski definition) is 1. The molecule has 16 heavy (non-hydrogen) atoms. The van der Waals surface area contributed by atoms with Gasteiger partial charge in [-0.1, -0.05) is 45.0 Å². The molecule has 1 nitrogen and oxygen atoms in total. The molecule has 1 aliphatic rings. The van der Waals surface area contributed by atoms with Crippen LogP contribution >= 0.6 is 0 Å². The molecule has 1 heteroatoms. The molecule has 1 saturated heterocycles. The lowest BCUT2D eigenvalue weighted by Crippen LogP contribution is -2.10. The van der Waals surface area contributed by atoms with Crippen LogP contribution in [-0.4, -0.2) is 13.1 Å². The molecule has 0 spiro atoms. The van der Waals surface area contributed by atoms with Crippen LogP contribution in [0.1, 0.15) is 44.2 Å². The maximum Gasteiger partial charge on any atom is 0.00206 e. The van der Waals surface area contributed by atoms with Crippen molar-refractivity contribution in [3.63, 3.8) is 0 Å². The average Bonchev–Trinajstić information content (AvgIpc) is 2.68. The average molecular weight is 217 g/mol. The minimum Gasteiger partial charge on any atom is -0.316 e. The Balaban J connectivity index is 2.12. The van der Waals surface area contributed by atoms with Crippen molar-refractivity contribution in [2.45, 2.75) is 39.5 Å². The Hall–Kier alpha value is -0.820. The summed E-state index contributed by atoms with van der Waals surface area (Å²) in [6, 6.07) is 9.17. The van der Waals surface area contributed by atoms with Crippen LogP contribution in [0.25, 0.3) is 0 Å². The number of rotatable bonds is 2. The molecule has 1 aromatic rings. The molecule has 1 N–H and O–H groups in total. The summed E-state index contributed by atoms with van der Waals surface area (Å²) in [7, 11) is 0. The van der Waals surface area contributed by atoms with Crippen molar-refractivity contribution in [3.05, 3.63) is 35.4 Å². The summed E-state index contributed by atoms with van der Waals surface area (Å²) in [5.74, 6) is 0.736. The fourth-order valence-electron chi connectivity index (χ4n) is 2.51. The quantitative estimate of drug-likeness (QED) is 0.801. The second-order valence-electron chi connectivity index (χ2n) is 6.17. The lowest BCUT2D eigenvalue weighted by Gasteiger charge is -2.19. The summed E-state index contributed by atoms with van der Waals surface area (Å²) >= 11 is 0. The van der Waals surface area contributed by atoms with Crippen LogP contribution in [0.4, 0.5) is 0 Å². The van der Waals surface area contributed by atoms with E-state index in [-0.39, 0.29) is 0 Å². The summed E-state index contributed by atoms with van der Waals surface area (Å²) < 4.78 is 0. The van der Waals surface area contributed by atoms with Crippen molar-refractivity contribution < 1.29 is 0 Å². The van der Waals surface area contributed by atoms with Crippen LogP contribution in [0.2, 0.25) is 0 Å². The van der Waals surface area contributed by atoms with Crippen LogP contribution in [0, 0.1) is 5.41 Å². The molecule has 1 heterocycles. The third-order valence-electron chi connectivity index (χ3n) is 3.22. The first kappa shape index (κ1) is 11.7. The first-order chi connectivity index (χ1) is 7.54. The maximum atomic E-state index is 3.44. The van der Waals surface area contributed by atoms with Crippen molar-refractivity contribution in [1.82, 2.24) is 5.32 Å². The molecule has 0 aliphatic carbocycles. The Morgan fingerprint density at radius 3 is 2.75 bits per heavy atom. The minimum absolute atomic E-state index is 0.381. The number of hydrogen-bond donors (Lipinski definition) is 1. The first-order valence-electron chi connectivity index (χ1n) is 6.34. The van der Waals surface area contributed by atoms with Gasteiger partial charge in [0.25, 0.3) is 0 Å². The standard InChI is InChI=1S/C15H23N/c1-15(2,3)10-12-5-4-6-13(9-12)14-7-8-16-11-14/h4-6,9,14,16H,7-8,10-11H2,1-3H3. The van der Waals surface area contributed by atoms with Gasteiger partial charge in [0.05, 0.1) is 0 Å². The highest BCUT2D eigenvalue weighted by Crippen LogP contribution is 2.26. The molecule has 1 aromatic carbocycles. The fraction of sp³-hybridized carbons (Fsp3) is 0.600. The third kappa shape index (κ3) is 3.08. The highest BCUT2D eigenvalue weighted by atomic mass is 14.9. The SMILES string of the molecule is CC(C)(C)Cc1cccc(C2CCNC2)c1. The van der Waals surface area contributed by atoms with Crippen LogP contribution in [0.3, 0.4) is 0 Å². The van der Waals surface area contributed by atoms with Gasteiger partial charge in [-0.15, -0.1) is 0 Å². The van der Waals surface area contributed by atoms with Gasteiger partial charge in [-0.2, -0.15) is 0 Å². The molecule has 1 fully saturated rings. The van der Waals surface area contributed by atoms with E-state index in [1.165, 1.54) is 30.5 Å². The Morgan fingerprint density at radius 1 is 1.31 bits per heavy atom. The Bertz CT molecular complexity index is 343. The number of nitrogens with one attached hydrogen (secondary N) is 1. The summed E-state index contributed by atoms with van der Waals surface area (Å²) in [6.45, 7) is 9.23. The summed E-state index contributed by atoms with van der Waals surface area (Å²) in [5.41, 5.74) is 3.38. The molecule has 0 amide bonds. The molecule has 1 unspecified atom stereocenters. The minimum atomic E-state index is 0.381. The van der Waals surface area contributed by atoms with Crippen molar-refractivity contribution in [2.24, 2.45) is 5.41 Å². The topological polar surface area (TPSA) is 12.0 Å². The fourth-order valence-corrected chi connectivity index (χ4v) is 2.51. The molecule has 2 rings (SSSR count). The molecular weight excluding hydrogens is 194 g/mol. The number of benzene rings is 1. The van der Waals surface area contributed by atoms with Gasteiger partial charge in [0, 0.05) is 6.54 Å². The molecule has 0 aromatic heterocycles. The third-order valence-corrected chi connectivity index (χ3v) is 3.22. The zero-order valence-corrected chi connectivity index (χ0v) is 10.7. The first-order valence-corrected chi connectivity index (χ1v) is 6.34. The molecular formula is C15H23N. The lowest BCUT2D eigenvalue weighted by atomic mass is 9.86. The summed E-state index contributed by atoms with van der Waals surface area (Å²) in [6.07, 6.45) is 2.46. The van der Waals surface area contributed by atoms with Crippen LogP contribution in [0.15, 0.2) is 24.3 Å². The van der Waals surface area contributed by atoms with Crippen LogP contribution in [-0.2, 0) is 6.42 Å². The van der Waals surface area contributed by atoms with E-state index >= 15 is 0 Å². The van der Waals surface area contributed by atoms with E-state index in [1.807, 2.05) is 0 Å². The van der Waals surface area contributed by atoms with Gasteiger partial charge in [-0.3, -0.25) is 0 Å². The van der Waals surface area contributed by atoms with Gasteiger partial charge in [0.2, 0.25) is 0 Å². The maximum absolute atomic E-state index is 3.44. The zero-order chi connectivity index (χ0) is 11.6. The van der Waals surface area contributed by atoms with E-state index in [2.05, 4.69) is 50.4 Å². The second kappa shape index (κ2) is 4.58. The summed E-state index contributed by atoms with van der Waals surface area (Å²) in [5, 5.41) is 3.44.